The van der Waals surface area contributed by atoms with Crippen molar-refractivity contribution in [2.75, 3.05) is 6.61 Å². The van der Waals surface area contributed by atoms with Crippen molar-refractivity contribution in [3.8, 4) is 0 Å². The van der Waals surface area contributed by atoms with E-state index in [1.165, 1.54) is 0 Å². The van der Waals surface area contributed by atoms with Gasteiger partial charge < -0.3 is 9.94 Å². The molecule has 0 spiro atoms. The molecule has 1 aliphatic carbocycles. The third-order valence-corrected chi connectivity index (χ3v) is 1.81. The molecule has 0 unspecified atom stereocenters. The molecular weight excluding hydrogens is 134 g/mol. The van der Waals surface area contributed by atoms with Gasteiger partial charge in [-0.1, -0.05) is 0 Å². The molecule has 0 saturated heterocycles. The summed E-state index contributed by atoms with van der Waals surface area (Å²) in [4.78, 5) is 14.7. The topological polar surface area (TPSA) is 72.5 Å². The van der Waals surface area contributed by atoms with E-state index >= 15 is 0 Å². The van der Waals surface area contributed by atoms with Crippen LogP contribution in [0.5, 0.6) is 0 Å². The van der Waals surface area contributed by atoms with Crippen molar-refractivity contribution in [3.05, 3.63) is 0 Å². The summed E-state index contributed by atoms with van der Waals surface area (Å²) in [6, 6.07) is 0. The van der Waals surface area contributed by atoms with E-state index in [2.05, 4.69) is 10.7 Å². The molecule has 1 fully saturated rings. The molecule has 0 radical (unpaired) electrons. The second-order valence-corrected chi connectivity index (χ2v) is 2.56. The van der Waals surface area contributed by atoms with Gasteiger partial charge in [-0.3, -0.25) is 0 Å². The van der Waals surface area contributed by atoms with Crippen molar-refractivity contribution < 1.29 is 14.7 Å². The first kappa shape index (κ1) is 7.50. The predicted octanol–water partition coefficient (Wildman–Crippen LogP) is -0.578. The third kappa shape index (κ3) is 1.46. The summed E-state index contributed by atoms with van der Waals surface area (Å²) in [6.07, 6.45) is 2.00. The van der Waals surface area contributed by atoms with E-state index < -0.39 is 5.97 Å². The minimum Gasteiger partial charge on any atom is -0.395 e. The Balaban J connectivity index is 2.38. The van der Waals surface area contributed by atoms with Gasteiger partial charge in [0.05, 0.1) is 12.5 Å². The SMILES string of the molecule is NOC(=O)[C@H](CO)C1CC1. The molecule has 0 amide bonds. The van der Waals surface area contributed by atoms with Gasteiger partial charge in [0, 0.05) is 0 Å². The van der Waals surface area contributed by atoms with E-state index in [1.807, 2.05) is 0 Å². The molecule has 1 atom stereocenters. The second-order valence-electron chi connectivity index (χ2n) is 2.56. The molecule has 0 aliphatic heterocycles. The van der Waals surface area contributed by atoms with E-state index in [-0.39, 0.29) is 12.5 Å². The highest BCUT2D eigenvalue weighted by Gasteiger charge is 2.36. The lowest BCUT2D eigenvalue weighted by Gasteiger charge is -2.07. The lowest BCUT2D eigenvalue weighted by molar-refractivity contribution is -0.151. The van der Waals surface area contributed by atoms with Gasteiger partial charge in [0.25, 0.3) is 0 Å². The van der Waals surface area contributed by atoms with Crippen LogP contribution >= 0.6 is 0 Å². The zero-order chi connectivity index (χ0) is 7.56. The van der Waals surface area contributed by atoms with Gasteiger partial charge in [-0.2, -0.15) is 5.90 Å². The average molecular weight is 145 g/mol. The largest absolute Gasteiger partial charge is 0.395 e. The summed E-state index contributed by atoms with van der Waals surface area (Å²) in [7, 11) is 0. The number of aliphatic hydroxyl groups excluding tert-OH is 1. The van der Waals surface area contributed by atoms with Crippen LogP contribution in [-0.4, -0.2) is 17.7 Å². The van der Waals surface area contributed by atoms with Gasteiger partial charge in [0.1, 0.15) is 0 Å². The van der Waals surface area contributed by atoms with Gasteiger partial charge in [-0.05, 0) is 18.8 Å². The molecule has 0 heterocycles. The van der Waals surface area contributed by atoms with Crippen LogP contribution in [0.3, 0.4) is 0 Å². The third-order valence-electron chi connectivity index (χ3n) is 1.81. The molecule has 58 valence electrons. The van der Waals surface area contributed by atoms with E-state index in [1.54, 1.807) is 0 Å². The van der Waals surface area contributed by atoms with E-state index in [0.717, 1.165) is 12.8 Å². The van der Waals surface area contributed by atoms with Crippen LogP contribution < -0.4 is 5.90 Å². The summed E-state index contributed by atoms with van der Waals surface area (Å²) in [5, 5.41) is 8.68. The van der Waals surface area contributed by atoms with E-state index in [4.69, 9.17) is 5.11 Å². The first-order valence-electron chi connectivity index (χ1n) is 3.31. The zero-order valence-electron chi connectivity index (χ0n) is 5.62. The van der Waals surface area contributed by atoms with Crippen LogP contribution in [0.1, 0.15) is 12.8 Å². The van der Waals surface area contributed by atoms with Crippen molar-refractivity contribution in [2.24, 2.45) is 17.7 Å². The molecule has 0 aromatic heterocycles. The Bertz CT molecular complexity index is 133. The molecular formula is C6H11NO3. The summed E-state index contributed by atoms with van der Waals surface area (Å²) in [6.45, 7) is -0.152. The molecule has 0 aromatic carbocycles. The number of rotatable bonds is 3. The summed E-state index contributed by atoms with van der Waals surface area (Å²) in [5.74, 6) is 4.08. The summed E-state index contributed by atoms with van der Waals surface area (Å²) < 4.78 is 0. The lowest BCUT2D eigenvalue weighted by Crippen LogP contribution is -2.25. The Hall–Kier alpha value is -0.610. The molecule has 0 aromatic rings. The zero-order valence-corrected chi connectivity index (χ0v) is 5.62. The fourth-order valence-corrected chi connectivity index (χ4v) is 1.00. The Morgan fingerprint density at radius 3 is 2.70 bits per heavy atom. The number of aliphatic hydroxyl groups is 1. The molecule has 0 bridgehead atoms. The van der Waals surface area contributed by atoms with Gasteiger partial charge in [0.15, 0.2) is 0 Å². The first-order valence-corrected chi connectivity index (χ1v) is 3.31. The molecule has 1 rings (SSSR count). The van der Waals surface area contributed by atoms with Gasteiger partial charge in [-0.15, -0.1) is 0 Å². The molecule has 1 saturated carbocycles. The number of hydrogen-bond donors (Lipinski definition) is 2. The molecule has 10 heavy (non-hydrogen) atoms. The van der Waals surface area contributed by atoms with Crippen molar-refractivity contribution in [2.45, 2.75) is 12.8 Å². The normalized spacial score (nSPS) is 20.2. The maximum atomic E-state index is 10.7. The van der Waals surface area contributed by atoms with Gasteiger partial charge in [-0.25, -0.2) is 4.79 Å². The standard InChI is InChI=1S/C6H11NO3/c7-10-6(9)5(3-8)4-1-2-4/h4-5,8H,1-3,7H2/t5-/m1/s1. The van der Waals surface area contributed by atoms with Crippen LogP contribution in [0.4, 0.5) is 0 Å². The van der Waals surface area contributed by atoms with Crippen LogP contribution in [-0.2, 0) is 9.63 Å². The van der Waals surface area contributed by atoms with Crippen molar-refractivity contribution >= 4 is 5.97 Å². The lowest BCUT2D eigenvalue weighted by atomic mass is 10.1. The number of carbonyl (C=O) groups is 1. The Morgan fingerprint density at radius 1 is 1.80 bits per heavy atom. The predicted molar refractivity (Wildman–Crippen MR) is 33.6 cm³/mol. The van der Waals surface area contributed by atoms with Crippen LogP contribution in [0, 0.1) is 11.8 Å². The first-order chi connectivity index (χ1) is 4.79. The van der Waals surface area contributed by atoms with E-state index in [9.17, 15) is 4.79 Å². The Kier molecular flexibility index (Phi) is 2.24. The molecule has 1 aliphatic rings. The minimum atomic E-state index is -0.495. The highest BCUT2D eigenvalue weighted by molar-refractivity contribution is 5.72. The van der Waals surface area contributed by atoms with Crippen LogP contribution in [0.2, 0.25) is 0 Å². The molecule has 4 heteroatoms. The average Bonchev–Trinajstić information content (AvgIpc) is 2.73. The monoisotopic (exact) mass is 145 g/mol. The van der Waals surface area contributed by atoms with Crippen molar-refractivity contribution in [1.29, 1.82) is 0 Å². The fourth-order valence-electron chi connectivity index (χ4n) is 1.00. The van der Waals surface area contributed by atoms with Gasteiger partial charge in [0.2, 0.25) is 0 Å². The smallest absolute Gasteiger partial charge is 0.330 e. The van der Waals surface area contributed by atoms with Gasteiger partial charge >= 0.3 is 5.97 Å². The summed E-state index contributed by atoms with van der Waals surface area (Å²) in [5.41, 5.74) is 0. The minimum absolute atomic E-state index is 0.152. The summed E-state index contributed by atoms with van der Waals surface area (Å²) >= 11 is 0. The number of hydrogen-bond acceptors (Lipinski definition) is 4. The number of nitrogens with two attached hydrogens (primary N) is 1. The Morgan fingerprint density at radius 2 is 2.40 bits per heavy atom. The quantitative estimate of drug-likeness (QED) is 0.521. The highest BCUT2D eigenvalue weighted by atomic mass is 16.7. The van der Waals surface area contributed by atoms with E-state index in [0.29, 0.717) is 5.92 Å². The highest BCUT2D eigenvalue weighted by Crippen LogP contribution is 2.36. The Labute approximate surface area is 58.9 Å². The van der Waals surface area contributed by atoms with Crippen molar-refractivity contribution in [3.63, 3.8) is 0 Å². The van der Waals surface area contributed by atoms with Crippen molar-refractivity contribution in [1.82, 2.24) is 0 Å². The molecule has 4 nitrogen and oxygen atoms in total. The van der Waals surface area contributed by atoms with Crippen LogP contribution in [0.25, 0.3) is 0 Å². The van der Waals surface area contributed by atoms with Crippen LogP contribution in [0.15, 0.2) is 0 Å². The molecule has 3 N–H and O–H groups in total. The number of carbonyl (C=O) groups excluding carboxylic acids is 1. The maximum absolute atomic E-state index is 10.7. The maximum Gasteiger partial charge on any atom is 0.330 e. The fraction of sp³-hybridized carbons (Fsp3) is 0.833. The second kappa shape index (κ2) is 2.98.